The van der Waals surface area contributed by atoms with Crippen LogP contribution in [0.3, 0.4) is 0 Å². The van der Waals surface area contributed by atoms with Crippen molar-refractivity contribution in [2.24, 2.45) is 5.10 Å². The summed E-state index contributed by atoms with van der Waals surface area (Å²) in [6.45, 7) is 4.13. The highest BCUT2D eigenvalue weighted by Gasteiger charge is 2.29. The third-order valence-corrected chi connectivity index (χ3v) is 6.52. The lowest BCUT2D eigenvalue weighted by molar-refractivity contribution is 0.0955. The number of nitrogens with zero attached hydrogens (tertiary/aromatic N) is 2. The number of amides is 1. The molecule has 8 heteroatoms. The zero-order valence-electron chi connectivity index (χ0n) is 19.2. The summed E-state index contributed by atoms with van der Waals surface area (Å²) in [5, 5.41) is 10.8. The minimum absolute atomic E-state index is 0.189. The van der Waals surface area contributed by atoms with Crippen molar-refractivity contribution in [3.8, 4) is 17.0 Å². The van der Waals surface area contributed by atoms with E-state index in [1.54, 1.807) is 18.3 Å². The molecule has 0 atom stereocenters. The smallest absolute Gasteiger partial charge is 0.271 e. The summed E-state index contributed by atoms with van der Waals surface area (Å²) in [7, 11) is 0. The third kappa shape index (κ3) is 5.53. The summed E-state index contributed by atoms with van der Waals surface area (Å²) < 4.78 is 5.90. The maximum atomic E-state index is 12.5. The van der Waals surface area contributed by atoms with Gasteiger partial charge in [0.05, 0.1) is 11.9 Å². The van der Waals surface area contributed by atoms with E-state index in [4.69, 9.17) is 16.3 Å². The second-order valence-corrected chi connectivity index (χ2v) is 10.1. The first-order chi connectivity index (χ1) is 16.8. The number of hydrogen-bond donors (Lipinski definition) is 2. The van der Waals surface area contributed by atoms with Gasteiger partial charge in [-0.05, 0) is 79.6 Å². The van der Waals surface area contributed by atoms with Crippen LogP contribution in [0, 0.1) is 0 Å². The molecule has 2 heterocycles. The quantitative estimate of drug-likeness (QED) is 0.227. The molecule has 0 aliphatic carbocycles. The van der Waals surface area contributed by atoms with Crippen LogP contribution in [-0.4, -0.2) is 22.7 Å². The van der Waals surface area contributed by atoms with Crippen LogP contribution < -0.4 is 15.5 Å². The second-order valence-electron chi connectivity index (χ2n) is 8.85. The van der Waals surface area contributed by atoms with E-state index in [1.807, 2.05) is 60.0 Å². The molecule has 4 aromatic rings. The third-order valence-electron chi connectivity index (χ3n) is 5.51. The van der Waals surface area contributed by atoms with Crippen LogP contribution >= 0.6 is 22.9 Å². The summed E-state index contributed by atoms with van der Waals surface area (Å²) in [5.74, 6) is 0.631. The molecular weight excluding hydrogens is 480 g/mol. The molecule has 2 N–H and O–H groups in total. The number of thiazole rings is 1. The maximum absolute atomic E-state index is 12.5. The monoisotopic (exact) mass is 502 g/mol. The van der Waals surface area contributed by atoms with Gasteiger partial charge in [-0.25, -0.2) is 10.4 Å². The Morgan fingerprint density at radius 1 is 1.11 bits per heavy atom. The lowest BCUT2D eigenvalue weighted by Gasteiger charge is -2.16. The van der Waals surface area contributed by atoms with Crippen LogP contribution in [0.4, 0.5) is 10.8 Å². The first-order valence-corrected chi connectivity index (χ1v) is 12.3. The predicted molar refractivity (Wildman–Crippen MR) is 142 cm³/mol. The zero-order chi connectivity index (χ0) is 24.4. The Bertz CT molecular complexity index is 1400. The molecule has 1 aliphatic heterocycles. The number of carbonyl (C=O) groups is 1. The molecule has 5 rings (SSSR count). The van der Waals surface area contributed by atoms with Crippen molar-refractivity contribution in [3.63, 3.8) is 0 Å². The fourth-order valence-corrected chi connectivity index (χ4v) is 4.72. The molecular formula is C27H23ClN4O2S. The molecule has 0 spiro atoms. The second kappa shape index (κ2) is 9.52. The Morgan fingerprint density at radius 3 is 2.66 bits per heavy atom. The lowest BCUT2D eigenvalue weighted by Crippen LogP contribution is -2.24. The zero-order valence-corrected chi connectivity index (χ0v) is 20.8. The number of halogens is 1. The van der Waals surface area contributed by atoms with E-state index in [-0.39, 0.29) is 11.5 Å². The van der Waals surface area contributed by atoms with Crippen LogP contribution in [-0.2, 0) is 6.42 Å². The van der Waals surface area contributed by atoms with Crippen molar-refractivity contribution >= 4 is 45.9 Å². The maximum Gasteiger partial charge on any atom is 0.271 e. The molecule has 1 amide bonds. The Labute approximate surface area is 212 Å². The number of aromatic nitrogens is 1. The standard InChI is InChI=1S/C27H23ClN4O2S/c1-27(2)14-20-13-17(3-12-24(20)34-27)15-29-32-25(33)19-6-4-18(5-7-19)23-16-35-26(31-23)30-22-10-8-21(28)9-11-22/h3-13,15-16H,14H2,1-2H3,(H,30,31)(H,32,33)/b29-15-. The average Bonchev–Trinajstić information content (AvgIpc) is 3.43. The van der Waals surface area contributed by atoms with E-state index >= 15 is 0 Å². The van der Waals surface area contributed by atoms with E-state index in [2.05, 4.69) is 34.7 Å². The highest BCUT2D eigenvalue weighted by atomic mass is 35.5. The average molecular weight is 503 g/mol. The van der Waals surface area contributed by atoms with Gasteiger partial charge in [-0.15, -0.1) is 11.3 Å². The number of hydrogen-bond acceptors (Lipinski definition) is 6. The number of rotatable bonds is 6. The van der Waals surface area contributed by atoms with Gasteiger partial charge in [-0.2, -0.15) is 5.10 Å². The Kier molecular flexibility index (Phi) is 6.28. The summed E-state index contributed by atoms with van der Waals surface area (Å²) >= 11 is 7.44. The normalized spacial score (nSPS) is 13.9. The molecule has 0 saturated heterocycles. The van der Waals surface area contributed by atoms with Crippen molar-refractivity contribution in [1.29, 1.82) is 0 Å². The van der Waals surface area contributed by atoms with Gasteiger partial charge in [-0.1, -0.05) is 23.7 Å². The Balaban J connectivity index is 1.19. The van der Waals surface area contributed by atoms with Crippen molar-refractivity contribution < 1.29 is 9.53 Å². The molecule has 1 aliphatic rings. The van der Waals surface area contributed by atoms with Crippen molar-refractivity contribution in [2.45, 2.75) is 25.9 Å². The van der Waals surface area contributed by atoms with Gasteiger partial charge in [0, 0.05) is 33.6 Å². The minimum Gasteiger partial charge on any atom is -0.487 e. The summed E-state index contributed by atoms with van der Waals surface area (Å²) in [6, 6.07) is 20.7. The van der Waals surface area contributed by atoms with Gasteiger partial charge in [0.1, 0.15) is 11.4 Å². The van der Waals surface area contributed by atoms with Crippen LogP contribution in [0.1, 0.15) is 35.3 Å². The molecule has 1 aromatic heterocycles. The number of hydrazone groups is 1. The number of fused-ring (bicyclic) bond motifs is 1. The molecule has 0 bridgehead atoms. The minimum atomic E-state index is -0.276. The van der Waals surface area contributed by atoms with Crippen molar-refractivity contribution in [1.82, 2.24) is 10.4 Å². The van der Waals surface area contributed by atoms with Gasteiger partial charge in [0.2, 0.25) is 0 Å². The predicted octanol–water partition coefficient (Wildman–Crippen LogP) is 6.68. The highest BCUT2D eigenvalue weighted by Crippen LogP contribution is 2.35. The first-order valence-electron chi connectivity index (χ1n) is 11.1. The van der Waals surface area contributed by atoms with Gasteiger partial charge in [0.25, 0.3) is 5.91 Å². The Hall–Kier alpha value is -3.68. The van der Waals surface area contributed by atoms with Crippen LogP contribution in [0.25, 0.3) is 11.3 Å². The number of benzene rings is 3. The van der Waals surface area contributed by atoms with E-state index < -0.39 is 0 Å². The number of ether oxygens (including phenoxy) is 1. The number of nitrogens with one attached hydrogen (secondary N) is 2. The molecule has 35 heavy (non-hydrogen) atoms. The van der Waals surface area contributed by atoms with Crippen molar-refractivity contribution in [2.75, 3.05) is 5.32 Å². The summed E-state index contributed by atoms with van der Waals surface area (Å²) in [5.41, 5.74) is 7.65. The van der Waals surface area contributed by atoms with E-state index in [1.165, 1.54) is 11.3 Å². The van der Waals surface area contributed by atoms with Crippen LogP contribution in [0.5, 0.6) is 5.75 Å². The number of carbonyl (C=O) groups excluding carboxylic acids is 1. The highest BCUT2D eigenvalue weighted by molar-refractivity contribution is 7.14. The van der Waals surface area contributed by atoms with Gasteiger partial charge < -0.3 is 10.1 Å². The van der Waals surface area contributed by atoms with E-state index in [0.717, 1.165) is 45.4 Å². The molecule has 0 saturated carbocycles. The summed E-state index contributed by atoms with van der Waals surface area (Å²) in [4.78, 5) is 17.1. The SMILES string of the molecule is CC1(C)Cc2cc(/C=N\NC(=O)c3ccc(-c4csc(Nc5ccc(Cl)cc5)n4)cc3)ccc2O1. The molecule has 0 unspecified atom stereocenters. The van der Waals surface area contributed by atoms with Gasteiger partial charge in [0.15, 0.2) is 5.13 Å². The molecule has 6 nitrogen and oxygen atoms in total. The van der Waals surface area contributed by atoms with E-state index in [0.29, 0.717) is 10.6 Å². The Morgan fingerprint density at radius 2 is 1.89 bits per heavy atom. The van der Waals surface area contributed by atoms with Gasteiger partial charge >= 0.3 is 0 Å². The molecule has 3 aromatic carbocycles. The molecule has 0 fully saturated rings. The van der Waals surface area contributed by atoms with E-state index in [9.17, 15) is 4.79 Å². The molecule has 0 radical (unpaired) electrons. The molecule has 176 valence electrons. The number of anilines is 2. The van der Waals surface area contributed by atoms with Gasteiger partial charge in [-0.3, -0.25) is 4.79 Å². The first kappa shape index (κ1) is 23.1. The fraction of sp³-hybridized carbons (Fsp3) is 0.148. The largest absolute Gasteiger partial charge is 0.487 e. The van der Waals surface area contributed by atoms with Crippen LogP contribution in [0.2, 0.25) is 5.02 Å². The summed E-state index contributed by atoms with van der Waals surface area (Å²) in [6.07, 6.45) is 2.49. The van der Waals surface area contributed by atoms with Crippen molar-refractivity contribution in [3.05, 3.63) is 93.8 Å². The van der Waals surface area contributed by atoms with Crippen LogP contribution in [0.15, 0.2) is 77.2 Å². The fourth-order valence-electron chi connectivity index (χ4n) is 3.85. The topological polar surface area (TPSA) is 75.6 Å². The lowest BCUT2D eigenvalue weighted by atomic mass is 10.0.